The van der Waals surface area contributed by atoms with E-state index >= 15 is 0 Å². The van der Waals surface area contributed by atoms with Crippen LogP contribution >= 0.6 is 0 Å². The van der Waals surface area contributed by atoms with Crippen molar-refractivity contribution in [1.82, 2.24) is 16.0 Å². The van der Waals surface area contributed by atoms with Crippen LogP contribution in [-0.2, 0) is 4.79 Å². The number of nitrogens with one attached hydrogen (secondary N) is 3. The van der Waals surface area contributed by atoms with Crippen LogP contribution in [0.25, 0.3) is 0 Å². The molecule has 0 aliphatic heterocycles. The number of carbonyl (C=O) groups is 1. The second kappa shape index (κ2) is 17.8. The lowest BCUT2D eigenvalue weighted by atomic mass is 10.2. The van der Waals surface area contributed by atoms with Crippen LogP contribution in [0.2, 0.25) is 0 Å². The zero-order valence-electron chi connectivity index (χ0n) is 12.1. The minimum Gasteiger partial charge on any atom is -0.356 e. The van der Waals surface area contributed by atoms with Gasteiger partial charge in [0.1, 0.15) is 0 Å². The number of unbranched alkanes of at least 4 members (excludes halogenated alkanes) is 2. The molecule has 0 fully saturated rings. The summed E-state index contributed by atoms with van der Waals surface area (Å²) in [5.41, 5.74) is 0. The van der Waals surface area contributed by atoms with Crippen LogP contribution in [0.15, 0.2) is 0 Å². The molecular formula is C13H31N3O. The third kappa shape index (κ3) is 18.0. The van der Waals surface area contributed by atoms with Crippen molar-refractivity contribution in [3.8, 4) is 0 Å². The standard InChI is InChI=1S/C11H25N3O.C2H6/c1-3-11(15)14-8-6-4-5-7-13-10-9-12-2;1-2/h12-13H,3-10H2,1-2H3,(H,14,15);1-2H3. The molecule has 0 rings (SSSR count). The maximum absolute atomic E-state index is 10.9. The molecule has 0 saturated carbocycles. The maximum atomic E-state index is 10.9. The van der Waals surface area contributed by atoms with Gasteiger partial charge < -0.3 is 16.0 Å². The average molecular weight is 245 g/mol. The highest BCUT2D eigenvalue weighted by Crippen LogP contribution is 1.92. The van der Waals surface area contributed by atoms with Gasteiger partial charge >= 0.3 is 0 Å². The van der Waals surface area contributed by atoms with E-state index in [9.17, 15) is 4.79 Å². The molecule has 0 radical (unpaired) electrons. The van der Waals surface area contributed by atoms with Crippen LogP contribution in [0.1, 0.15) is 46.5 Å². The van der Waals surface area contributed by atoms with Gasteiger partial charge in [-0.25, -0.2) is 0 Å². The van der Waals surface area contributed by atoms with Crippen LogP contribution in [0.5, 0.6) is 0 Å². The highest BCUT2D eigenvalue weighted by Gasteiger charge is 1.94. The quantitative estimate of drug-likeness (QED) is 0.512. The first-order valence-corrected chi connectivity index (χ1v) is 6.93. The van der Waals surface area contributed by atoms with Crippen molar-refractivity contribution in [2.45, 2.75) is 46.5 Å². The van der Waals surface area contributed by atoms with Crippen molar-refractivity contribution in [3.63, 3.8) is 0 Å². The van der Waals surface area contributed by atoms with Crippen LogP contribution in [0, 0.1) is 0 Å². The molecule has 1 amide bonds. The Bertz CT molecular complexity index is 152. The Kier molecular flexibility index (Phi) is 19.6. The van der Waals surface area contributed by atoms with E-state index in [1.807, 2.05) is 27.8 Å². The zero-order chi connectivity index (χ0) is 13.4. The number of hydrogen-bond donors (Lipinski definition) is 3. The normalized spacial score (nSPS) is 9.41. The van der Waals surface area contributed by atoms with Gasteiger partial charge in [-0.2, -0.15) is 0 Å². The van der Waals surface area contributed by atoms with E-state index in [2.05, 4.69) is 16.0 Å². The van der Waals surface area contributed by atoms with Gasteiger partial charge in [-0.3, -0.25) is 4.79 Å². The topological polar surface area (TPSA) is 53.2 Å². The highest BCUT2D eigenvalue weighted by atomic mass is 16.1. The number of likely N-dealkylation sites (N-methyl/N-ethyl adjacent to an activating group) is 1. The lowest BCUT2D eigenvalue weighted by Gasteiger charge is -2.05. The molecule has 0 aliphatic rings. The van der Waals surface area contributed by atoms with E-state index in [1.54, 1.807) is 0 Å². The van der Waals surface area contributed by atoms with Gasteiger partial charge in [-0.15, -0.1) is 0 Å². The summed E-state index contributed by atoms with van der Waals surface area (Å²) >= 11 is 0. The van der Waals surface area contributed by atoms with E-state index in [0.717, 1.165) is 32.6 Å². The molecule has 0 atom stereocenters. The lowest BCUT2D eigenvalue weighted by Crippen LogP contribution is -2.26. The third-order valence-corrected chi connectivity index (χ3v) is 2.23. The molecule has 17 heavy (non-hydrogen) atoms. The van der Waals surface area contributed by atoms with Gasteiger partial charge in [0, 0.05) is 26.1 Å². The zero-order valence-corrected chi connectivity index (χ0v) is 12.1. The first-order valence-electron chi connectivity index (χ1n) is 6.93. The van der Waals surface area contributed by atoms with Crippen LogP contribution in [0.4, 0.5) is 0 Å². The molecule has 0 bridgehead atoms. The summed E-state index contributed by atoms with van der Waals surface area (Å²) in [7, 11) is 1.96. The van der Waals surface area contributed by atoms with Gasteiger partial charge in [0.2, 0.25) is 5.91 Å². The molecule has 0 heterocycles. The molecule has 0 aromatic heterocycles. The Morgan fingerprint density at radius 1 is 0.941 bits per heavy atom. The predicted octanol–water partition coefficient (Wildman–Crippen LogP) is 1.52. The highest BCUT2D eigenvalue weighted by molar-refractivity contribution is 5.75. The second-order valence-electron chi connectivity index (χ2n) is 3.62. The molecule has 4 heteroatoms. The Hall–Kier alpha value is -0.610. The molecular weight excluding hydrogens is 214 g/mol. The first kappa shape index (κ1) is 18.7. The van der Waals surface area contributed by atoms with Crippen LogP contribution in [0.3, 0.4) is 0 Å². The maximum Gasteiger partial charge on any atom is 0.219 e. The monoisotopic (exact) mass is 245 g/mol. The molecule has 0 aliphatic carbocycles. The third-order valence-electron chi connectivity index (χ3n) is 2.23. The molecule has 104 valence electrons. The van der Waals surface area contributed by atoms with Gasteiger partial charge in [0.25, 0.3) is 0 Å². The Labute approximate surface area is 107 Å². The molecule has 0 spiro atoms. The fourth-order valence-corrected chi connectivity index (χ4v) is 1.24. The molecule has 0 saturated heterocycles. The van der Waals surface area contributed by atoms with Crippen molar-refractivity contribution < 1.29 is 4.79 Å². The SMILES string of the molecule is CC.CCC(=O)NCCCCCNCCNC. The van der Waals surface area contributed by atoms with E-state index in [-0.39, 0.29) is 5.91 Å². The smallest absolute Gasteiger partial charge is 0.219 e. The fourth-order valence-electron chi connectivity index (χ4n) is 1.24. The average Bonchev–Trinajstić information content (AvgIpc) is 2.39. The summed E-state index contributed by atoms with van der Waals surface area (Å²) in [6, 6.07) is 0. The number of hydrogen-bond acceptors (Lipinski definition) is 3. The van der Waals surface area contributed by atoms with E-state index in [1.165, 1.54) is 12.8 Å². The van der Waals surface area contributed by atoms with Crippen molar-refractivity contribution in [2.24, 2.45) is 0 Å². The van der Waals surface area contributed by atoms with Crippen molar-refractivity contribution in [2.75, 3.05) is 33.2 Å². The molecule has 0 aromatic carbocycles. The summed E-state index contributed by atoms with van der Waals surface area (Å²) in [4.78, 5) is 10.9. The van der Waals surface area contributed by atoms with Gasteiger partial charge in [0.15, 0.2) is 0 Å². The largest absolute Gasteiger partial charge is 0.356 e. The Balaban J connectivity index is 0. The predicted molar refractivity (Wildman–Crippen MR) is 75.3 cm³/mol. The summed E-state index contributed by atoms with van der Waals surface area (Å²) in [6.07, 6.45) is 4.03. The molecule has 4 nitrogen and oxygen atoms in total. The van der Waals surface area contributed by atoms with Crippen molar-refractivity contribution >= 4 is 5.91 Å². The second-order valence-corrected chi connectivity index (χ2v) is 3.62. The Morgan fingerprint density at radius 2 is 1.59 bits per heavy atom. The summed E-state index contributed by atoms with van der Waals surface area (Å²) < 4.78 is 0. The van der Waals surface area contributed by atoms with Crippen molar-refractivity contribution in [3.05, 3.63) is 0 Å². The number of amides is 1. The minimum absolute atomic E-state index is 0.155. The Morgan fingerprint density at radius 3 is 2.18 bits per heavy atom. The van der Waals surface area contributed by atoms with Gasteiger partial charge in [-0.05, 0) is 26.4 Å². The van der Waals surface area contributed by atoms with E-state index in [4.69, 9.17) is 0 Å². The number of carbonyl (C=O) groups excluding carboxylic acids is 1. The van der Waals surface area contributed by atoms with E-state index in [0.29, 0.717) is 6.42 Å². The fraction of sp³-hybridized carbons (Fsp3) is 0.923. The summed E-state index contributed by atoms with van der Waals surface area (Å²) in [6.45, 7) is 9.82. The van der Waals surface area contributed by atoms with E-state index < -0.39 is 0 Å². The molecule has 0 unspecified atom stereocenters. The summed E-state index contributed by atoms with van der Waals surface area (Å²) in [5.74, 6) is 0.155. The minimum atomic E-state index is 0.155. The first-order chi connectivity index (χ1) is 8.31. The lowest BCUT2D eigenvalue weighted by molar-refractivity contribution is -0.120. The molecule has 0 aromatic rings. The number of rotatable bonds is 10. The molecule has 3 N–H and O–H groups in total. The van der Waals surface area contributed by atoms with Crippen molar-refractivity contribution in [1.29, 1.82) is 0 Å². The van der Waals surface area contributed by atoms with Crippen LogP contribution < -0.4 is 16.0 Å². The van der Waals surface area contributed by atoms with Gasteiger partial charge in [0.05, 0.1) is 0 Å². The summed E-state index contributed by atoms with van der Waals surface area (Å²) in [5, 5.41) is 9.31. The van der Waals surface area contributed by atoms with Crippen LogP contribution in [-0.4, -0.2) is 39.1 Å². The van der Waals surface area contributed by atoms with Gasteiger partial charge in [-0.1, -0.05) is 27.2 Å².